The van der Waals surface area contributed by atoms with Crippen molar-refractivity contribution in [3.63, 3.8) is 0 Å². The minimum absolute atomic E-state index is 0.0984. The predicted molar refractivity (Wildman–Crippen MR) is 197 cm³/mol. The maximum atomic E-state index is 13.6. The van der Waals surface area contributed by atoms with Crippen molar-refractivity contribution in [1.29, 1.82) is 0 Å². The summed E-state index contributed by atoms with van der Waals surface area (Å²) in [5.74, 6) is -5.49. The Kier molecular flexibility index (Phi) is 16.4. The first-order valence-electron chi connectivity index (χ1n) is 17.1. The van der Waals surface area contributed by atoms with Crippen molar-refractivity contribution in [2.75, 3.05) is 78.5 Å². The molecule has 0 atom stereocenters. The highest BCUT2D eigenvalue weighted by Gasteiger charge is 2.24. The summed E-state index contributed by atoms with van der Waals surface area (Å²) in [6.45, 7) is 3.00. The van der Waals surface area contributed by atoms with Crippen LogP contribution in [0.5, 0.6) is 23.0 Å². The molecule has 4 amide bonds. The van der Waals surface area contributed by atoms with Gasteiger partial charge in [-0.2, -0.15) is 0 Å². The normalized spacial score (nSPS) is 10.9. The topological polar surface area (TPSA) is 295 Å². The summed E-state index contributed by atoms with van der Waals surface area (Å²) < 4.78 is 2.27. The molecule has 2 aromatic heterocycles. The van der Waals surface area contributed by atoms with Crippen molar-refractivity contribution in [3.05, 3.63) is 79.6 Å². The number of aromatic nitrogens is 2. The van der Waals surface area contributed by atoms with E-state index in [0.717, 1.165) is 9.13 Å². The van der Waals surface area contributed by atoms with Gasteiger partial charge < -0.3 is 72.1 Å². The molecule has 0 bridgehead atoms. The number of aryl methyl sites for hydroxylation is 2. The summed E-state index contributed by atoms with van der Waals surface area (Å²) in [6, 6.07) is 5.09. The Morgan fingerprint density at radius 3 is 1.35 bits per heavy atom. The molecule has 0 saturated carbocycles. The van der Waals surface area contributed by atoms with Crippen molar-refractivity contribution >= 4 is 23.6 Å². The molecule has 54 heavy (non-hydrogen) atoms. The van der Waals surface area contributed by atoms with E-state index < -0.39 is 57.7 Å². The zero-order valence-electron chi connectivity index (χ0n) is 30.1. The van der Waals surface area contributed by atoms with Crippen molar-refractivity contribution in [2.45, 2.75) is 0 Å². The lowest BCUT2D eigenvalue weighted by Crippen LogP contribution is -2.43. The number of carbonyl (C=O) groups is 4. The lowest BCUT2D eigenvalue weighted by molar-refractivity contribution is 0.0753. The highest BCUT2D eigenvalue weighted by Crippen LogP contribution is 2.33. The third kappa shape index (κ3) is 11.5. The molecule has 1 aromatic carbocycles. The second-order valence-corrected chi connectivity index (χ2v) is 11.9. The van der Waals surface area contributed by atoms with Crippen LogP contribution in [0.1, 0.15) is 41.4 Å². The Morgan fingerprint density at radius 2 is 0.926 bits per heavy atom. The number of benzene rings is 1. The third-order valence-electron chi connectivity index (χ3n) is 8.09. The third-order valence-corrected chi connectivity index (χ3v) is 8.09. The molecule has 3 rings (SSSR count). The van der Waals surface area contributed by atoms with Crippen LogP contribution in [-0.4, -0.2) is 137 Å². The van der Waals surface area contributed by atoms with Crippen LogP contribution in [0, 0.1) is 0 Å². The van der Waals surface area contributed by atoms with Gasteiger partial charge in [0.05, 0.1) is 22.3 Å². The monoisotopic (exact) mass is 756 g/mol. The number of aromatic hydroxyl groups is 4. The standard InChI is InChI=1S/C34H48N10O10/c1-42-17-5-22(27(47)33(42)53)30(50)40-13-10-37-15-19-44(20-16-38-11-14-41-31(51)23-6-18-43(2)34(54)28(23)48)32(52)24-4-3-21(25(45)26(24)46)29(49)39-12-9-36-8-7-35/h3-6,17-18,36-38,45-48H,7-16,19-20,35H2,1-2H3,(H,39,49)(H,40,50)(H,41,51). The van der Waals surface area contributed by atoms with Crippen molar-refractivity contribution in [2.24, 2.45) is 19.8 Å². The molecule has 2 heterocycles. The van der Waals surface area contributed by atoms with Gasteiger partial charge in [-0.1, -0.05) is 0 Å². The van der Waals surface area contributed by atoms with Gasteiger partial charge in [0.25, 0.3) is 34.7 Å². The zero-order valence-corrected chi connectivity index (χ0v) is 30.1. The number of pyridine rings is 2. The van der Waals surface area contributed by atoms with Gasteiger partial charge in [0.1, 0.15) is 0 Å². The smallest absolute Gasteiger partial charge is 0.293 e. The van der Waals surface area contributed by atoms with Gasteiger partial charge in [0.15, 0.2) is 23.0 Å². The average molecular weight is 757 g/mol. The van der Waals surface area contributed by atoms with Crippen LogP contribution in [-0.2, 0) is 14.1 Å². The summed E-state index contributed by atoms with van der Waals surface area (Å²) in [5, 5.41) is 58.3. The Labute approximate surface area is 310 Å². The Hall–Kier alpha value is -5.96. The van der Waals surface area contributed by atoms with Gasteiger partial charge in [0.2, 0.25) is 0 Å². The minimum atomic E-state index is -0.775. The fourth-order valence-electron chi connectivity index (χ4n) is 5.00. The number of amides is 4. The SMILES string of the molecule is Cn1ccc(C(=O)NCCNCCN(CCNCCNC(=O)c2ccn(C)c(=O)c2O)C(=O)c2ccc(C(=O)NCCNCCN)c(O)c2O)c(O)c1=O. The number of nitrogens with zero attached hydrogens (tertiary/aromatic N) is 3. The van der Waals surface area contributed by atoms with Gasteiger partial charge in [0, 0.05) is 105 Å². The van der Waals surface area contributed by atoms with Gasteiger partial charge in [-0.05, 0) is 24.3 Å². The fraction of sp³-hybridized carbons (Fsp3) is 0.412. The summed E-state index contributed by atoms with van der Waals surface area (Å²) in [4.78, 5) is 76.3. The molecule has 0 radical (unpaired) electrons. The van der Waals surface area contributed by atoms with Gasteiger partial charge in [-0.3, -0.25) is 28.8 Å². The molecule has 12 N–H and O–H groups in total. The molecule has 0 saturated heterocycles. The first-order valence-corrected chi connectivity index (χ1v) is 17.1. The number of phenolic OH excluding ortho intramolecular Hbond substituents is 2. The maximum Gasteiger partial charge on any atom is 0.293 e. The number of nitrogens with one attached hydrogen (secondary N) is 6. The lowest BCUT2D eigenvalue weighted by atomic mass is 10.1. The van der Waals surface area contributed by atoms with E-state index in [1.807, 2.05) is 0 Å². The largest absolute Gasteiger partial charge is 0.504 e. The van der Waals surface area contributed by atoms with Crippen LogP contribution in [0.3, 0.4) is 0 Å². The van der Waals surface area contributed by atoms with E-state index in [0.29, 0.717) is 19.6 Å². The molecule has 0 aliphatic carbocycles. The quantitative estimate of drug-likeness (QED) is 0.0375. The molecule has 0 spiro atoms. The molecule has 3 aromatic rings. The molecular weight excluding hydrogens is 708 g/mol. The lowest BCUT2D eigenvalue weighted by Gasteiger charge is -2.24. The molecule has 294 valence electrons. The molecule has 0 fully saturated rings. The van der Waals surface area contributed by atoms with E-state index in [2.05, 4.69) is 31.9 Å². The van der Waals surface area contributed by atoms with E-state index in [1.165, 1.54) is 55.7 Å². The first kappa shape index (κ1) is 42.5. The predicted octanol–water partition coefficient (Wildman–Crippen LogP) is -3.33. The van der Waals surface area contributed by atoms with Gasteiger partial charge in [-0.15, -0.1) is 0 Å². The average Bonchev–Trinajstić information content (AvgIpc) is 3.15. The highest BCUT2D eigenvalue weighted by molar-refractivity contribution is 6.03. The van der Waals surface area contributed by atoms with Crippen LogP contribution in [0.25, 0.3) is 0 Å². The van der Waals surface area contributed by atoms with Crippen LogP contribution >= 0.6 is 0 Å². The molecule has 0 aliphatic heterocycles. The van der Waals surface area contributed by atoms with E-state index >= 15 is 0 Å². The van der Waals surface area contributed by atoms with Gasteiger partial charge >= 0.3 is 0 Å². The summed E-state index contributed by atoms with van der Waals surface area (Å²) in [6.07, 6.45) is 2.71. The van der Waals surface area contributed by atoms with Crippen molar-refractivity contribution in [3.8, 4) is 23.0 Å². The number of nitrogens with two attached hydrogens (primary N) is 1. The minimum Gasteiger partial charge on any atom is -0.504 e. The Bertz CT molecular complexity index is 1820. The van der Waals surface area contributed by atoms with E-state index in [9.17, 15) is 49.2 Å². The molecule has 20 heteroatoms. The number of phenols is 2. The molecule has 0 aliphatic rings. The number of rotatable bonds is 21. The zero-order chi connectivity index (χ0) is 39.8. The fourth-order valence-corrected chi connectivity index (χ4v) is 5.00. The second kappa shape index (κ2) is 20.9. The summed E-state index contributed by atoms with van der Waals surface area (Å²) in [5.41, 5.74) is 3.18. The van der Waals surface area contributed by atoms with E-state index in [1.54, 1.807) is 0 Å². The van der Waals surface area contributed by atoms with Crippen LogP contribution in [0.2, 0.25) is 0 Å². The van der Waals surface area contributed by atoms with Crippen molar-refractivity contribution in [1.82, 2.24) is 45.9 Å². The number of hydrogen-bond donors (Lipinski definition) is 11. The summed E-state index contributed by atoms with van der Waals surface area (Å²) >= 11 is 0. The highest BCUT2D eigenvalue weighted by atomic mass is 16.3. The van der Waals surface area contributed by atoms with Crippen LogP contribution < -0.4 is 48.8 Å². The summed E-state index contributed by atoms with van der Waals surface area (Å²) in [7, 11) is 2.88. The number of hydrogen-bond acceptors (Lipinski definition) is 14. The van der Waals surface area contributed by atoms with E-state index in [4.69, 9.17) is 5.73 Å². The van der Waals surface area contributed by atoms with E-state index in [-0.39, 0.29) is 81.2 Å². The first-order chi connectivity index (χ1) is 25.8. The Balaban J connectivity index is 1.59. The van der Waals surface area contributed by atoms with Gasteiger partial charge in [-0.25, -0.2) is 0 Å². The molecule has 0 unspecified atom stereocenters. The molecular formula is C34H48N10O10. The number of carbonyl (C=O) groups excluding carboxylic acids is 4. The van der Waals surface area contributed by atoms with Crippen molar-refractivity contribution < 1.29 is 39.6 Å². The maximum absolute atomic E-state index is 13.6. The Morgan fingerprint density at radius 1 is 0.556 bits per heavy atom. The van der Waals surface area contributed by atoms with Crippen LogP contribution in [0.15, 0.2) is 46.2 Å². The molecule has 20 nitrogen and oxygen atoms in total. The second-order valence-electron chi connectivity index (χ2n) is 11.9. The van der Waals surface area contributed by atoms with Crippen LogP contribution in [0.4, 0.5) is 0 Å².